The van der Waals surface area contributed by atoms with Crippen molar-refractivity contribution in [3.63, 3.8) is 0 Å². The van der Waals surface area contributed by atoms with Gasteiger partial charge in [-0.05, 0) is 86.1 Å². The third-order valence-electron chi connectivity index (χ3n) is 6.40. The normalized spacial score (nSPS) is 14.8. The van der Waals surface area contributed by atoms with E-state index in [1.165, 1.54) is 27.8 Å². The van der Waals surface area contributed by atoms with E-state index in [9.17, 15) is 0 Å². The van der Waals surface area contributed by atoms with E-state index in [-0.39, 0.29) is 0 Å². The molecule has 0 bridgehead atoms. The second kappa shape index (κ2) is 10.2. The standard InChI is InChI=1S/C28H33N3/c1-6-27(7-2)30-19-26-17-28(21(4)16-20(26)3)22(5)31-14-12-25(13-15-31)24-10-8-23(18-29)9-11-24/h6-11,16-17,25,30H,1,5,12-15,19H2,2-4H3/b27-7-. The molecular weight excluding hydrogens is 378 g/mol. The number of hydrogen-bond donors (Lipinski definition) is 1. The Morgan fingerprint density at radius 1 is 1.16 bits per heavy atom. The summed E-state index contributed by atoms with van der Waals surface area (Å²) in [6, 6.07) is 14.8. The zero-order chi connectivity index (χ0) is 22.4. The van der Waals surface area contributed by atoms with Crippen LogP contribution in [-0.4, -0.2) is 18.0 Å². The van der Waals surface area contributed by atoms with Crippen molar-refractivity contribution in [2.75, 3.05) is 13.1 Å². The molecule has 1 N–H and O–H groups in total. The van der Waals surface area contributed by atoms with Crippen molar-refractivity contribution < 1.29 is 0 Å². The van der Waals surface area contributed by atoms with Crippen LogP contribution in [0, 0.1) is 25.2 Å². The minimum atomic E-state index is 0.550. The Bertz CT molecular complexity index is 1010. The molecule has 0 aliphatic carbocycles. The van der Waals surface area contributed by atoms with E-state index in [2.05, 4.69) is 67.6 Å². The van der Waals surface area contributed by atoms with Gasteiger partial charge in [0.25, 0.3) is 0 Å². The predicted molar refractivity (Wildman–Crippen MR) is 130 cm³/mol. The second-order valence-electron chi connectivity index (χ2n) is 8.34. The van der Waals surface area contributed by atoms with Gasteiger partial charge < -0.3 is 10.2 Å². The Kier molecular flexibility index (Phi) is 7.36. The number of nitriles is 1. The van der Waals surface area contributed by atoms with Gasteiger partial charge in [-0.1, -0.05) is 37.4 Å². The molecule has 1 heterocycles. The van der Waals surface area contributed by atoms with Crippen molar-refractivity contribution in [1.82, 2.24) is 10.2 Å². The lowest BCUT2D eigenvalue weighted by Crippen LogP contribution is -2.31. The first kappa shape index (κ1) is 22.4. The Balaban J connectivity index is 1.69. The minimum absolute atomic E-state index is 0.550. The number of allylic oxidation sites excluding steroid dienone is 2. The van der Waals surface area contributed by atoms with Crippen LogP contribution in [0.25, 0.3) is 5.70 Å². The highest BCUT2D eigenvalue weighted by atomic mass is 15.1. The quantitative estimate of drug-likeness (QED) is 0.551. The number of aryl methyl sites for hydroxylation is 2. The fourth-order valence-electron chi connectivity index (χ4n) is 4.37. The lowest BCUT2D eigenvalue weighted by atomic mass is 9.88. The van der Waals surface area contributed by atoms with Gasteiger partial charge in [0.1, 0.15) is 0 Å². The maximum Gasteiger partial charge on any atom is 0.0991 e. The predicted octanol–water partition coefficient (Wildman–Crippen LogP) is 6.20. The lowest BCUT2D eigenvalue weighted by Gasteiger charge is -2.35. The van der Waals surface area contributed by atoms with Crippen LogP contribution >= 0.6 is 0 Å². The maximum absolute atomic E-state index is 9.01. The molecule has 0 amide bonds. The van der Waals surface area contributed by atoms with Crippen molar-refractivity contribution in [3.05, 3.63) is 101 Å². The first-order valence-electron chi connectivity index (χ1n) is 11.0. The zero-order valence-corrected chi connectivity index (χ0v) is 19.0. The SMILES string of the molecule is C=C/C(=C/C)NCc1cc(C(=C)N2CCC(c3ccc(C#N)cc3)CC2)c(C)cc1C. The molecule has 160 valence electrons. The fourth-order valence-corrected chi connectivity index (χ4v) is 4.37. The van der Waals surface area contributed by atoms with Crippen molar-refractivity contribution in [3.8, 4) is 6.07 Å². The second-order valence-corrected chi connectivity index (χ2v) is 8.34. The fraction of sp³-hybridized carbons (Fsp3) is 0.321. The number of piperidine rings is 1. The Hall–Kier alpha value is -3.25. The first-order chi connectivity index (χ1) is 15.0. The molecule has 0 aromatic heterocycles. The smallest absolute Gasteiger partial charge is 0.0991 e. The number of rotatable bonds is 7. The summed E-state index contributed by atoms with van der Waals surface area (Å²) in [5.41, 5.74) is 9.32. The van der Waals surface area contributed by atoms with Crippen LogP contribution < -0.4 is 5.32 Å². The molecule has 1 fully saturated rings. The highest BCUT2D eigenvalue weighted by Crippen LogP contribution is 2.33. The molecule has 1 saturated heterocycles. The van der Waals surface area contributed by atoms with Gasteiger partial charge in [-0.2, -0.15) is 5.26 Å². The van der Waals surface area contributed by atoms with Gasteiger partial charge >= 0.3 is 0 Å². The van der Waals surface area contributed by atoms with E-state index < -0.39 is 0 Å². The number of likely N-dealkylation sites (tertiary alicyclic amines) is 1. The summed E-state index contributed by atoms with van der Waals surface area (Å²) < 4.78 is 0. The summed E-state index contributed by atoms with van der Waals surface area (Å²) in [4.78, 5) is 2.43. The van der Waals surface area contributed by atoms with E-state index in [4.69, 9.17) is 5.26 Å². The van der Waals surface area contributed by atoms with Crippen LogP contribution in [0.15, 0.2) is 67.4 Å². The zero-order valence-electron chi connectivity index (χ0n) is 19.0. The van der Waals surface area contributed by atoms with E-state index in [1.54, 1.807) is 0 Å². The van der Waals surface area contributed by atoms with Crippen LogP contribution in [0.2, 0.25) is 0 Å². The lowest BCUT2D eigenvalue weighted by molar-refractivity contribution is 0.299. The third-order valence-corrected chi connectivity index (χ3v) is 6.40. The summed E-state index contributed by atoms with van der Waals surface area (Å²) in [5.74, 6) is 0.550. The molecule has 2 aromatic carbocycles. The van der Waals surface area contributed by atoms with Crippen LogP contribution in [0.5, 0.6) is 0 Å². The molecule has 0 saturated carbocycles. The van der Waals surface area contributed by atoms with Gasteiger partial charge in [0.15, 0.2) is 0 Å². The van der Waals surface area contributed by atoms with Gasteiger partial charge in [0, 0.05) is 36.6 Å². The van der Waals surface area contributed by atoms with E-state index in [0.717, 1.165) is 49.4 Å². The molecule has 0 spiro atoms. The monoisotopic (exact) mass is 411 g/mol. The van der Waals surface area contributed by atoms with Crippen molar-refractivity contribution >= 4 is 5.70 Å². The molecule has 2 aromatic rings. The molecule has 1 aliphatic rings. The molecule has 31 heavy (non-hydrogen) atoms. The Morgan fingerprint density at radius 3 is 2.42 bits per heavy atom. The summed E-state index contributed by atoms with van der Waals surface area (Å²) in [7, 11) is 0. The van der Waals surface area contributed by atoms with E-state index in [0.29, 0.717) is 5.92 Å². The van der Waals surface area contributed by atoms with E-state index >= 15 is 0 Å². The Labute approximate surface area is 187 Å². The molecule has 0 radical (unpaired) electrons. The molecule has 1 aliphatic heterocycles. The minimum Gasteiger partial charge on any atom is -0.381 e. The molecule has 3 heteroatoms. The maximum atomic E-state index is 9.01. The van der Waals surface area contributed by atoms with Crippen LogP contribution in [0.1, 0.15) is 59.1 Å². The van der Waals surface area contributed by atoms with Crippen molar-refractivity contribution in [2.24, 2.45) is 0 Å². The largest absolute Gasteiger partial charge is 0.381 e. The van der Waals surface area contributed by atoms with Gasteiger partial charge in [-0.3, -0.25) is 0 Å². The number of nitrogens with one attached hydrogen (secondary N) is 1. The molecule has 0 atom stereocenters. The number of hydrogen-bond acceptors (Lipinski definition) is 3. The number of benzene rings is 2. The average Bonchev–Trinajstić information content (AvgIpc) is 2.80. The average molecular weight is 412 g/mol. The third kappa shape index (κ3) is 5.27. The van der Waals surface area contributed by atoms with Crippen molar-refractivity contribution in [1.29, 1.82) is 5.26 Å². The first-order valence-corrected chi connectivity index (χ1v) is 11.0. The highest BCUT2D eigenvalue weighted by molar-refractivity contribution is 5.66. The van der Waals surface area contributed by atoms with Gasteiger partial charge in [0.05, 0.1) is 11.6 Å². The summed E-state index contributed by atoms with van der Waals surface area (Å²) in [6.07, 6.45) is 6.10. The molecule has 0 unspecified atom stereocenters. The van der Waals surface area contributed by atoms with Gasteiger partial charge in [-0.25, -0.2) is 0 Å². The van der Waals surface area contributed by atoms with Crippen molar-refractivity contribution in [2.45, 2.75) is 46.1 Å². The molecule has 3 rings (SSSR count). The highest BCUT2D eigenvalue weighted by Gasteiger charge is 2.23. The molecular formula is C28H33N3. The topological polar surface area (TPSA) is 39.1 Å². The summed E-state index contributed by atoms with van der Waals surface area (Å²) in [6.45, 7) is 17.5. The Morgan fingerprint density at radius 2 is 1.84 bits per heavy atom. The van der Waals surface area contributed by atoms with Crippen LogP contribution in [0.4, 0.5) is 0 Å². The van der Waals surface area contributed by atoms with Crippen LogP contribution in [0.3, 0.4) is 0 Å². The van der Waals surface area contributed by atoms with Crippen LogP contribution in [-0.2, 0) is 6.54 Å². The summed E-state index contributed by atoms with van der Waals surface area (Å²) >= 11 is 0. The van der Waals surface area contributed by atoms with Gasteiger partial charge in [-0.15, -0.1) is 0 Å². The molecule has 3 nitrogen and oxygen atoms in total. The summed E-state index contributed by atoms with van der Waals surface area (Å²) in [5, 5.41) is 12.5. The van der Waals surface area contributed by atoms with Gasteiger partial charge in [0.2, 0.25) is 0 Å². The van der Waals surface area contributed by atoms with E-state index in [1.807, 2.05) is 31.2 Å². The number of nitrogens with zero attached hydrogens (tertiary/aromatic N) is 2.